The number of hydrogen-bond acceptors (Lipinski definition) is 2. The van der Waals surface area contributed by atoms with Crippen molar-refractivity contribution in [3.05, 3.63) is 0 Å². The summed E-state index contributed by atoms with van der Waals surface area (Å²) >= 11 is 0. The maximum atomic E-state index is 9.32. The summed E-state index contributed by atoms with van der Waals surface area (Å²) in [4.78, 5) is 1.83. The Morgan fingerprint density at radius 1 is 1.40 bits per heavy atom. The van der Waals surface area contributed by atoms with Crippen LogP contribution in [0, 0.1) is 5.92 Å². The molecule has 0 saturated carbocycles. The monoisotopic (exact) mass is 189 g/mol. The second-order valence-corrected chi connectivity index (χ2v) is 2.76. The molecule has 0 saturated heterocycles. The summed E-state index contributed by atoms with van der Waals surface area (Å²) in [5, 5.41) is 9.32. The smallest absolute Gasteiger partial charge is 0.109 e. The minimum absolute atomic E-state index is 0. The Hall–Kier alpha value is 0.414. The molecule has 0 aliphatic carbocycles. The van der Waals surface area contributed by atoms with Crippen LogP contribution in [-0.4, -0.2) is 30.3 Å². The van der Waals surface area contributed by atoms with Crippen LogP contribution in [0.3, 0.4) is 0 Å². The second kappa shape index (κ2) is 6.14. The molecule has 2 atom stereocenters. The van der Waals surface area contributed by atoms with Crippen LogP contribution in [-0.2, 0) is 16.5 Å². The Morgan fingerprint density at radius 3 is 1.90 bits per heavy atom. The van der Waals surface area contributed by atoms with Crippen LogP contribution in [0.15, 0.2) is 0 Å². The fourth-order valence-corrected chi connectivity index (χ4v) is 0.720. The maximum Gasteiger partial charge on any atom is 0.109 e. The van der Waals surface area contributed by atoms with Gasteiger partial charge in [-0.05, 0) is 26.4 Å². The summed E-state index contributed by atoms with van der Waals surface area (Å²) < 4.78 is 0. The zero-order valence-corrected chi connectivity index (χ0v) is 8.06. The average molecular weight is 190 g/mol. The molecule has 0 aliphatic rings. The average Bonchev–Trinajstić information content (AvgIpc) is 1.84. The van der Waals surface area contributed by atoms with Gasteiger partial charge in [0.15, 0.2) is 0 Å². The van der Waals surface area contributed by atoms with Crippen molar-refractivity contribution in [2.45, 2.75) is 26.5 Å². The number of aliphatic hydroxyl groups is 1. The quantitative estimate of drug-likeness (QED) is 0.528. The van der Waals surface area contributed by atoms with Crippen LogP contribution in [0.4, 0.5) is 0 Å². The third-order valence-electron chi connectivity index (χ3n) is 1.68. The van der Waals surface area contributed by atoms with Gasteiger partial charge in [-0.1, -0.05) is 13.8 Å². The first-order valence-corrected chi connectivity index (χ1v) is 3.44. The molecule has 66 valence electrons. The summed E-state index contributed by atoms with van der Waals surface area (Å²) in [7, 11) is 3.77. The number of hydrogen-bond donors (Lipinski definition) is 1. The van der Waals surface area contributed by atoms with E-state index < -0.39 is 0 Å². The third-order valence-corrected chi connectivity index (χ3v) is 1.68. The number of rotatable bonds is 3. The Bertz CT molecular complexity index is 78.0. The van der Waals surface area contributed by atoms with E-state index in [1.165, 1.54) is 0 Å². The normalized spacial score (nSPS) is 16.2. The van der Waals surface area contributed by atoms with Gasteiger partial charge in [-0.15, -0.1) is 0 Å². The van der Waals surface area contributed by atoms with Crippen molar-refractivity contribution in [3.8, 4) is 0 Å². The van der Waals surface area contributed by atoms with Gasteiger partial charge >= 0.3 is 0 Å². The van der Waals surface area contributed by atoms with Gasteiger partial charge in [0, 0.05) is 16.5 Å². The first-order valence-electron chi connectivity index (χ1n) is 3.44. The molecule has 0 fully saturated rings. The minimum atomic E-state index is -0.282. The van der Waals surface area contributed by atoms with E-state index >= 15 is 0 Å². The van der Waals surface area contributed by atoms with Gasteiger partial charge < -0.3 is 5.11 Å². The molecular formula is C7H17NNiO. The molecule has 0 heterocycles. The Labute approximate surface area is 73.5 Å². The zero-order chi connectivity index (χ0) is 7.44. The number of nitrogens with zero attached hydrogens (tertiary/aromatic N) is 1. The van der Waals surface area contributed by atoms with Crippen LogP contribution in [0.5, 0.6) is 0 Å². The van der Waals surface area contributed by atoms with Crippen LogP contribution in [0.1, 0.15) is 20.3 Å². The first kappa shape index (κ1) is 13.0. The third kappa shape index (κ3) is 4.26. The van der Waals surface area contributed by atoms with Crippen molar-refractivity contribution in [2.75, 3.05) is 14.1 Å². The van der Waals surface area contributed by atoms with Gasteiger partial charge in [0.1, 0.15) is 6.23 Å². The molecule has 2 unspecified atom stereocenters. The summed E-state index contributed by atoms with van der Waals surface area (Å²) in [6, 6.07) is 0. The second-order valence-electron chi connectivity index (χ2n) is 2.76. The van der Waals surface area contributed by atoms with Crippen LogP contribution in [0.25, 0.3) is 0 Å². The van der Waals surface area contributed by atoms with Gasteiger partial charge in [0.05, 0.1) is 0 Å². The van der Waals surface area contributed by atoms with Crippen LogP contribution < -0.4 is 0 Å². The van der Waals surface area contributed by atoms with Crippen LogP contribution >= 0.6 is 0 Å². The molecule has 1 N–H and O–H groups in total. The van der Waals surface area contributed by atoms with E-state index in [1.54, 1.807) is 0 Å². The molecule has 0 aromatic carbocycles. The van der Waals surface area contributed by atoms with E-state index in [1.807, 2.05) is 25.9 Å². The van der Waals surface area contributed by atoms with E-state index in [4.69, 9.17) is 0 Å². The Balaban J connectivity index is 0. The minimum Gasteiger partial charge on any atom is -0.378 e. The molecule has 3 heteroatoms. The molecule has 0 aliphatic heterocycles. The summed E-state index contributed by atoms with van der Waals surface area (Å²) in [5.41, 5.74) is 0. The van der Waals surface area contributed by atoms with E-state index in [-0.39, 0.29) is 22.7 Å². The molecule has 0 rings (SSSR count). The van der Waals surface area contributed by atoms with Crippen molar-refractivity contribution in [1.82, 2.24) is 4.90 Å². The van der Waals surface area contributed by atoms with Crippen molar-refractivity contribution >= 4 is 0 Å². The molecule has 0 aromatic rings. The van der Waals surface area contributed by atoms with E-state index in [0.29, 0.717) is 5.92 Å². The molecular weight excluding hydrogens is 173 g/mol. The van der Waals surface area contributed by atoms with E-state index in [2.05, 4.69) is 6.92 Å². The Kier molecular flexibility index (Phi) is 8.01. The summed E-state index contributed by atoms with van der Waals surface area (Å²) in [6.07, 6.45) is 0.745. The van der Waals surface area contributed by atoms with Crippen molar-refractivity contribution < 1.29 is 21.6 Å². The Morgan fingerprint density at radius 2 is 1.80 bits per heavy atom. The topological polar surface area (TPSA) is 23.5 Å². The first-order chi connectivity index (χ1) is 4.09. The van der Waals surface area contributed by atoms with Gasteiger partial charge in [0.2, 0.25) is 0 Å². The summed E-state index contributed by atoms with van der Waals surface area (Å²) in [5.74, 6) is 0.375. The van der Waals surface area contributed by atoms with Crippen LogP contribution in [0.2, 0.25) is 0 Å². The molecule has 10 heavy (non-hydrogen) atoms. The zero-order valence-electron chi connectivity index (χ0n) is 7.07. The predicted octanol–water partition coefficient (Wildman–Crippen LogP) is 0.910. The molecule has 0 bridgehead atoms. The van der Waals surface area contributed by atoms with Gasteiger partial charge in [-0.2, -0.15) is 0 Å². The molecule has 2 nitrogen and oxygen atoms in total. The number of aliphatic hydroxyl groups excluding tert-OH is 1. The molecule has 0 radical (unpaired) electrons. The maximum absolute atomic E-state index is 9.32. The largest absolute Gasteiger partial charge is 0.378 e. The fraction of sp³-hybridized carbons (Fsp3) is 1.00. The SMILES string of the molecule is CCC(C)C(O)N(C)C.[Ni]. The van der Waals surface area contributed by atoms with Gasteiger partial charge in [-0.3, -0.25) is 4.90 Å². The molecule has 0 amide bonds. The van der Waals surface area contributed by atoms with Crippen molar-refractivity contribution in [2.24, 2.45) is 5.92 Å². The van der Waals surface area contributed by atoms with E-state index in [9.17, 15) is 5.11 Å². The standard InChI is InChI=1S/C7H17NO.Ni/c1-5-6(2)7(9)8(3)4;/h6-7,9H,5H2,1-4H3;. The summed E-state index contributed by atoms with van der Waals surface area (Å²) in [6.45, 7) is 4.13. The molecule has 0 spiro atoms. The van der Waals surface area contributed by atoms with Gasteiger partial charge in [-0.25, -0.2) is 0 Å². The fourth-order valence-electron chi connectivity index (χ4n) is 0.720. The predicted molar refractivity (Wildman–Crippen MR) is 39.1 cm³/mol. The molecule has 0 aromatic heterocycles. The van der Waals surface area contributed by atoms with Crippen molar-refractivity contribution in [1.29, 1.82) is 0 Å². The van der Waals surface area contributed by atoms with E-state index in [0.717, 1.165) is 6.42 Å². The van der Waals surface area contributed by atoms with Gasteiger partial charge in [0.25, 0.3) is 0 Å². The van der Waals surface area contributed by atoms with Crippen molar-refractivity contribution in [3.63, 3.8) is 0 Å².